The third-order valence-electron chi connectivity index (χ3n) is 1.67. The molecule has 1 unspecified atom stereocenters. The SMILES string of the molecule is CC(OCC#N)c1ccccc1. The number of nitrogens with zero attached hydrogens (tertiary/aromatic N) is 1. The predicted molar refractivity (Wildman–Crippen MR) is 46.4 cm³/mol. The molecule has 2 heteroatoms. The van der Waals surface area contributed by atoms with E-state index in [9.17, 15) is 0 Å². The topological polar surface area (TPSA) is 33.0 Å². The molecule has 0 aliphatic carbocycles. The monoisotopic (exact) mass is 161 g/mol. The molecular weight excluding hydrogens is 150 g/mol. The molecular formula is C10H11NO. The highest BCUT2D eigenvalue weighted by atomic mass is 16.5. The van der Waals surface area contributed by atoms with Gasteiger partial charge in [0.15, 0.2) is 0 Å². The van der Waals surface area contributed by atoms with Crippen LogP contribution in [0.3, 0.4) is 0 Å². The van der Waals surface area contributed by atoms with Crippen LogP contribution in [0.2, 0.25) is 0 Å². The number of nitriles is 1. The largest absolute Gasteiger partial charge is 0.359 e. The lowest BCUT2D eigenvalue weighted by Crippen LogP contribution is -1.99. The molecule has 1 aromatic carbocycles. The quantitative estimate of drug-likeness (QED) is 0.681. The summed E-state index contributed by atoms with van der Waals surface area (Å²) in [6, 6.07) is 11.8. The van der Waals surface area contributed by atoms with Gasteiger partial charge in [-0.05, 0) is 12.5 Å². The Labute approximate surface area is 72.4 Å². The normalized spacial score (nSPS) is 12.0. The van der Waals surface area contributed by atoms with Crippen LogP contribution in [0.5, 0.6) is 0 Å². The molecule has 1 atom stereocenters. The van der Waals surface area contributed by atoms with Crippen molar-refractivity contribution in [2.24, 2.45) is 0 Å². The fraction of sp³-hybridized carbons (Fsp3) is 0.300. The predicted octanol–water partition coefficient (Wildman–Crippen LogP) is 2.29. The lowest BCUT2D eigenvalue weighted by Gasteiger charge is -2.09. The molecule has 0 spiro atoms. The smallest absolute Gasteiger partial charge is 0.134 e. The first-order chi connectivity index (χ1) is 5.84. The van der Waals surface area contributed by atoms with Crippen molar-refractivity contribution in [3.63, 3.8) is 0 Å². The Kier molecular flexibility index (Phi) is 3.31. The van der Waals surface area contributed by atoms with Gasteiger partial charge in [0.1, 0.15) is 6.61 Å². The van der Waals surface area contributed by atoms with Crippen LogP contribution in [-0.4, -0.2) is 6.61 Å². The molecule has 1 aromatic rings. The second-order valence-corrected chi connectivity index (χ2v) is 2.52. The van der Waals surface area contributed by atoms with Crippen LogP contribution in [0, 0.1) is 11.3 Å². The van der Waals surface area contributed by atoms with E-state index in [1.807, 2.05) is 43.3 Å². The van der Waals surface area contributed by atoms with Crippen LogP contribution in [0.15, 0.2) is 30.3 Å². The van der Waals surface area contributed by atoms with E-state index in [0.29, 0.717) is 0 Å². The Hall–Kier alpha value is -1.33. The van der Waals surface area contributed by atoms with Crippen molar-refractivity contribution in [3.8, 4) is 6.07 Å². The second kappa shape index (κ2) is 4.53. The number of rotatable bonds is 3. The Balaban J connectivity index is 2.55. The Morgan fingerprint density at radius 1 is 1.42 bits per heavy atom. The summed E-state index contributed by atoms with van der Waals surface area (Å²) in [6.07, 6.45) is 0.00542. The summed E-state index contributed by atoms with van der Waals surface area (Å²) >= 11 is 0. The second-order valence-electron chi connectivity index (χ2n) is 2.52. The molecule has 62 valence electrons. The van der Waals surface area contributed by atoms with Crippen molar-refractivity contribution >= 4 is 0 Å². The van der Waals surface area contributed by atoms with E-state index in [4.69, 9.17) is 10.00 Å². The highest BCUT2D eigenvalue weighted by molar-refractivity contribution is 5.16. The molecule has 0 N–H and O–H groups in total. The molecule has 12 heavy (non-hydrogen) atoms. The van der Waals surface area contributed by atoms with E-state index in [2.05, 4.69) is 0 Å². The zero-order valence-electron chi connectivity index (χ0n) is 7.03. The molecule has 0 saturated carbocycles. The average Bonchev–Trinajstić information content (AvgIpc) is 2.15. The van der Waals surface area contributed by atoms with Crippen LogP contribution in [-0.2, 0) is 4.74 Å². The fourth-order valence-electron chi connectivity index (χ4n) is 0.983. The molecule has 0 bridgehead atoms. The zero-order valence-corrected chi connectivity index (χ0v) is 7.03. The molecule has 0 fully saturated rings. The van der Waals surface area contributed by atoms with Gasteiger partial charge in [0.2, 0.25) is 0 Å². The first-order valence-corrected chi connectivity index (χ1v) is 3.88. The summed E-state index contributed by atoms with van der Waals surface area (Å²) < 4.78 is 5.22. The van der Waals surface area contributed by atoms with Crippen molar-refractivity contribution in [1.82, 2.24) is 0 Å². The lowest BCUT2D eigenvalue weighted by molar-refractivity contribution is 0.0917. The van der Waals surface area contributed by atoms with Gasteiger partial charge in [0.05, 0.1) is 12.2 Å². The van der Waals surface area contributed by atoms with Crippen molar-refractivity contribution < 1.29 is 4.74 Å². The molecule has 0 aromatic heterocycles. The lowest BCUT2D eigenvalue weighted by atomic mass is 10.1. The first kappa shape index (κ1) is 8.76. The maximum Gasteiger partial charge on any atom is 0.134 e. The first-order valence-electron chi connectivity index (χ1n) is 3.88. The summed E-state index contributed by atoms with van der Waals surface area (Å²) in [5.41, 5.74) is 1.10. The summed E-state index contributed by atoms with van der Waals surface area (Å²) in [7, 11) is 0. The van der Waals surface area contributed by atoms with Crippen LogP contribution in [0.4, 0.5) is 0 Å². The van der Waals surface area contributed by atoms with E-state index >= 15 is 0 Å². The standard InChI is InChI=1S/C10H11NO/c1-9(12-8-7-11)10-5-3-2-4-6-10/h2-6,9H,8H2,1H3. The minimum atomic E-state index is 0.00542. The van der Waals surface area contributed by atoms with Gasteiger partial charge in [-0.25, -0.2) is 0 Å². The van der Waals surface area contributed by atoms with Crippen LogP contribution < -0.4 is 0 Å². The summed E-state index contributed by atoms with van der Waals surface area (Å²) in [6.45, 7) is 2.09. The Morgan fingerprint density at radius 2 is 2.08 bits per heavy atom. The highest BCUT2D eigenvalue weighted by Gasteiger charge is 2.02. The van der Waals surface area contributed by atoms with E-state index in [-0.39, 0.29) is 12.7 Å². The minimum Gasteiger partial charge on any atom is -0.359 e. The highest BCUT2D eigenvalue weighted by Crippen LogP contribution is 2.14. The number of benzene rings is 1. The average molecular weight is 161 g/mol. The number of ether oxygens (including phenoxy) is 1. The van der Waals surface area contributed by atoms with Gasteiger partial charge in [-0.2, -0.15) is 5.26 Å². The van der Waals surface area contributed by atoms with E-state index in [1.54, 1.807) is 0 Å². The molecule has 0 aliphatic heterocycles. The molecule has 0 saturated heterocycles. The van der Waals surface area contributed by atoms with Crippen molar-refractivity contribution in [3.05, 3.63) is 35.9 Å². The van der Waals surface area contributed by atoms with Crippen LogP contribution >= 0.6 is 0 Å². The zero-order chi connectivity index (χ0) is 8.81. The van der Waals surface area contributed by atoms with Crippen molar-refractivity contribution in [2.75, 3.05) is 6.61 Å². The van der Waals surface area contributed by atoms with Crippen LogP contribution in [0.25, 0.3) is 0 Å². The van der Waals surface area contributed by atoms with Gasteiger partial charge in [0, 0.05) is 0 Å². The fourth-order valence-corrected chi connectivity index (χ4v) is 0.983. The van der Waals surface area contributed by atoms with Gasteiger partial charge in [-0.1, -0.05) is 30.3 Å². The molecule has 0 radical (unpaired) electrons. The summed E-state index contributed by atoms with van der Waals surface area (Å²) in [5, 5.41) is 8.29. The van der Waals surface area contributed by atoms with Crippen molar-refractivity contribution in [1.29, 1.82) is 5.26 Å². The number of hydrogen-bond acceptors (Lipinski definition) is 2. The van der Waals surface area contributed by atoms with Crippen molar-refractivity contribution in [2.45, 2.75) is 13.0 Å². The third kappa shape index (κ3) is 2.37. The third-order valence-corrected chi connectivity index (χ3v) is 1.67. The molecule has 0 heterocycles. The molecule has 0 amide bonds. The summed E-state index contributed by atoms with van der Waals surface area (Å²) in [5.74, 6) is 0. The molecule has 1 rings (SSSR count). The Bertz CT molecular complexity index is 263. The maximum atomic E-state index is 8.29. The van der Waals surface area contributed by atoms with E-state index in [0.717, 1.165) is 5.56 Å². The molecule has 0 aliphatic rings. The van der Waals surface area contributed by atoms with Gasteiger partial charge in [-0.15, -0.1) is 0 Å². The Morgan fingerprint density at radius 3 is 2.67 bits per heavy atom. The summed E-state index contributed by atoms with van der Waals surface area (Å²) in [4.78, 5) is 0. The van der Waals surface area contributed by atoms with Gasteiger partial charge in [-0.3, -0.25) is 0 Å². The van der Waals surface area contributed by atoms with Gasteiger partial charge >= 0.3 is 0 Å². The maximum absolute atomic E-state index is 8.29. The van der Waals surface area contributed by atoms with Gasteiger partial charge in [0.25, 0.3) is 0 Å². The van der Waals surface area contributed by atoms with Crippen LogP contribution in [0.1, 0.15) is 18.6 Å². The minimum absolute atomic E-state index is 0.00542. The van der Waals surface area contributed by atoms with Gasteiger partial charge < -0.3 is 4.74 Å². The van der Waals surface area contributed by atoms with E-state index in [1.165, 1.54) is 0 Å². The number of hydrogen-bond donors (Lipinski definition) is 0. The molecule has 2 nitrogen and oxygen atoms in total. The van der Waals surface area contributed by atoms with E-state index < -0.39 is 0 Å².